The number of nitrogens with one attached hydrogen (secondary N) is 1. The number of rotatable bonds is 5. The molecular weight excluding hydrogens is 266 g/mol. The standard InChI is InChI=1S/C16H29N3O2/c1-11(18-16(21)14-5-3-4-6-14)7-15(20)19-10-13(9-17)8-12(19)2/h11-14H,3-10,17H2,1-2H3,(H,18,21). The third kappa shape index (κ3) is 4.19. The molecule has 1 aliphatic carbocycles. The predicted molar refractivity (Wildman–Crippen MR) is 82.5 cm³/mol. The maximum atomic E-state index is 12.4. The summed E-state index contributed by atoms with van der Waals surface area (Å²) >= 11 is 0. The lowest BCUT2D eigenvalue weighted by Gasteiger charge is -2.24. The molecule has 1 aliphatic heterocycles. The number of amides is 2. The average molecular weight is 295 g/mol. The number of hydrogen-bond acceptors (Lipinski definition) is 3. The van der Waals surface area contributed by atoms with Gasteiger partial charge in [0.15, 0.2) is 0 Å². The second-order valence-electron chi connectivity index (χ2n) is 6.83. The van der Waals surface area contributed by atoms with Crippen molar-refractivity contribution in [1.82, 2.24) is 10.2 Å². The fourth-order valence-electron chi connectivity index (χ4n) is 3.64. The Morgan fingerprint density at radius 1 is 1.33 bits per heavy atom. The Bertz CT molecular complexity index is 380. The van der Waals surface area contributed by atoms with Gasteiger partial charge in [0.05, 0.1) is 0 Å². The van der Waals surface area contributed by atoms with Crippen LogP contribution in [-0.4, -0.2) is 41.9 Å². The third-order valence-corrected chi connectivity index (χ3v) is 4.91. The van der Waals surface area contributed by atoms with Crippen molar-refractivity contribution in [3.05, 3.63) is 0 Å². The van der Waals surface area contributed by atoms with E-state index in [1.54, 1.807) is 0 Å². The largest absolute Gasteiger partial charge is 0.353 e. The summed E-state index contributed by atoms with van der Waals surface area (Å²) in [4.78, 5) is 26.4. The van der Waals surface area contributed by atoms with Crippen LogP contribution >= 0.6 is 0 Å². The molecule has 3 N–H and O–H groups in total. The van der Waals surface area contributed by atoms with E-state index in [1.807, 2.05) is 11.8 Å². The van der Waals surface area contributed by atoms with Crippen LogP contribution in [0.4, 0.5) is 0 Å². The summed E-state index contributed by atoms with van der Waals surface area (Å²) in [6, 6.07) is 0.179. The van der Waals surface area contributed by atoms with Crippen LogP contribution in [0.15, 0.2) is 0 Å². The van der Waals surface area contributed by atoms with Crippen molar-refractivity contribution < 1.29 is 9.59 Å². The van der Waals surface area contributed by atoms with Gasteiger partial charge >= 0.3 is 0 Å². The number of carbonyl (C=O) groups excluding carboxylic acids is 2. The highest BCUT2D eigenvalue weighted by Crippen LogP contribution is 2.25. The Labute approximate surface area is 127 Å². The van der Waals surface area contributed by atoms with Crippen LogP contribution < -0.4 is 11.1 Å². The Morgan fingerprint density at radius 3 is 2.57 bits per heavy atom. The van der Waals surface area contributed by atoms with E-state index in [2.05, 4.69) is 12.2 Å². The smallest absolute Gasteiger partial charge is 0.224 e. The molecule has 3 unspecified atom stereocenters. The first-order valence-corrected chi connectivity index (χ1v) is 8.31. The van der Waals surface area contributed by atoms with Crippen LogP contribution in [0.1, 0.15) is 52.4 Å². The number of likely N-dealkylation sites (tertiary alicyclic amines) is 1. The molecule has 5 nitrogen and oxygen atoms in total. The summed E-state index contributed by atoms with van der Waals surface area (Å²) in [6.45, 7) is 5.41. The Morgan fingerprint density at radius 2 is 2.00 bits per heavy atom. The predicted octanol–water partition coefficient (Wildman–Crippen LogP) is 1.27. The topological polar surface area (TPSA) is 75.4 Å². The molecule has 0 radical (unpaired) electrons. The van der Waals surface area contributed by atoms with Gasteiger partial charge in [-0.25, -0.2) is 0 Å². The lowest BCUT2D eigenvalue weighted by molar-refractivity contribution is -0.132. The summed E-state index contributed by atoms with van der Waals surface area (Å²) in [7, 11) is 0. The number of nitrogens with two attached hydrogens (primary N) is 1. The van der Waals surface area contributed by atoms with Gasteiger partial charge in [0.25, 0.3) is 0 Å². The lowest BCUT2D eigenvalue weighted by Crippen LogP contribution is -2.42. The molecule has 2 amide bonds. The van der Waals surface area contributed by atoms with Crippen LogP contribution in [0, 0.1) is 11.8 Å². The molecule has 0 aromatic heterocycles. The van der Waals surface area contributed by atoms with Crippen molar-refractivity contribution in [1.29, 1.82) is 0 Å². The van der Waals surface area contributed by atoms with Gasteiger partial charge < -0.3 is 16.0 Å². The molecule has 0 spiro atoms. The molecule has 0 bridgehead atoms. The maximum absolute atomic E-state index is 12.4. The van der Waals surface area contributed by atoms with Gasteiger partial charge in [-0.15, -0.1) is 0 Å². The minimum atomic E-state index is -0.0882. The van der Waals surface area contributed by atoms with Gasteiger partial charge in [-0.3, -0.25) is 9.59 Å². The van der Waals surface area contributed by atoms with Crippen molar-refractivity contribution >= 4 is 11.8 Å². The van der Waals surface area contributed by atoms with E-state index in [0.717, 1.165) is 38.6 Å². The quantitative estimate of drug-likeness (QED) is 0.802. The minimum Gasteiger partial charge on any atom is -0.353 e. The second-order valence-corrected chi connectivity index (χ2v) is 6.83. The van der Waals surface area contributed by atoms with E-state index >= 15 is 0 Å². The molecule has 0 aromatic carbocycles. The summed E-state index contributed by atoms with van der Waals surface area (Å²) in [5.74, 6) is 0.849. The molecule has 3 atom stereocenters. The van der Waals surface area contributed by atoms with E-state index in [4.69, 9.17) is 5.73 Å². The molecular formula is C16H29N3O2. The monoisotopic (exact) mass is 295 g/mol. The Hall–Kier alpha value is -1.10. The summed E-state index contributed by atoms with van der Waals surface area (Å²) in [5.41, 5.74) is 5.70. The molecule has 1 saturated carbocycles. The van der Waals surface area contributed by atoms with Crippen LogP contribution in [0.25, 0.3) is 0 Å². The van der Waals surface area contributed by atoms with E-state index < -0.39 is 0 Å². The van der Waals surface area contributed by atoms with Crippen molar-refractivity contribution in [3.8, 4) is 0 Å². The first-order valence-electron chi connectivity index (χ1n) is 8.31. The van der Waals surface area contributed by atoms with Crippen molar-refractivity contribution in [3.63, 3.8) is 0 Å². The lowest BCUT2D eigenvalue weighted by atomic mass is 10.1. The SMILES string of the molecule is CC(CC(=O)N1CC(CN)CC1C)NC(=O)C1CCCC1. The Kier molecular flexibility index (Phi) is 5.62. The van der Waals surface area contributed by atoms with Crippen molar-refractivity contribution in [2.45, 2.75) is 64.5 Å². The molecule has 2 aliphatic rings. The van der Waals surface area contributed by atoms with Gasteiger partial charge in [-0.05, 0) is 45.6 Å². The fourth-order valence-corrected chi connectivity index (χ4v) is 3.64. The van der Waals surface area contributed by atoms with Gasteiger partial charge in [-0.1, -0.05) is 12.8 Å². The molecule has 1 heterocycles. The van der Waals surface area contributed by atoms with E-state index in [-0.39, 0.29) is 29.8 Å². The van der Waals surface area contributed by atoms with Crippen LogP contribution in [0.5, 0.6) is 0 Å². The number of hydrogen-bond donors (Lipinski definition) is 2. The highest BCUT2D eigenvalue weighted by molar-refractivity contribution is 5.81. The Balaban J connectivity index is 1.77. The van der Waals surface area contributed by atoms with Gasteiger partial charge in [0.2, 0.25) is 11.8 Å². The highest BCUT2D eigenvalue weighted by atomic mass is 16.2. The molecule has 2 fully saturated rings. The van der Waals surface area contributed by atoms with E-state index in [0.29, 0.717) is 18.9 Å². The number of carbonyl (C=O) groups is 2. The molecule has 1 saturated heterocycles. The minimum absolute atomic E-state index is 0.0882. The zero-order valence-corrected chi connectivity index (χ0v) is 13.3. The normalized spacial score (nSPS) is 27.9. The number of nitrogens with zero attached hydrogens (tertiary/aromatic N) is 1. The van der Waals surface area contributed by atoms with Gasteiger partial charge in [0.1, 0.15) is 0 Å². The van der Waals surface area contributed by atoms with Gasteiger partial charge in [0, 0.05) is 31.0 Å². The highest BCUT2D eigenvalue weighted by Gasteiger charge is 2.32. The second kappa shape index (κ2) is 7.25. The van der Waals surface area contributed by atoms with Gasteiger partial charge in [-0.2, -0.15) is 0 Å². The summed E-state index contributed by atoms with van der Waals surface area (Å²) < 4.78 is 0. The zero-order chi connectivity index (χ0) is 15.4. The average Bonchev–Trinajstić information content (AvgIpc) is 3.07. The van der Waals surface area contributed by atoms with Crippen LogP contribution in [0.3, 0.4) is 0 Å². The van der Waals surface area contributed by atoms with Crippen molar-refractivity contribution in [2.75, 3.05) is 13.1 Å². The molecule has 0 aromatic rings. The molecule has 120 valence electrons. The fraction of sp³-hybridized carbons (Fsp3) is 0.875. The van der Waals surface area contributed by atoms with Crippen molar-refractivity contribution in [2.24, 2.45) is 17.6 Å². The van der Waals surface area contributed by atoms with E-state index in [1.165, 1.54) is 0 Å². The summed E-state index contributed by atoms with van der Waals surface area (Å²) in [6.07, 6.45) is 5.67. The van der Waals surface area contributed by atoms with E-state index in [9.17, 15) is 9.59 Å². The molecule has 21 heavy (non-hydrogen) atoms. The first-order chi connectivity index (χ1) is 10.0. The summed E-state index contributed by atoms with van der Waals surface area (Å²) in [5, 5.41) is 3.01. The maximum Gasteiger partial charge on any atom is 0.224 e. The third-order valence-electron chi connectivity index (χ3n) is 4.91. The van der Waals surface area contributed by atoms with Crippen LogP contribution in [0.2, 0.25) is 0 Å². The first kappa shape index (κ1) is 16.3. The van der Waals surface area contributed by atoms with Crippen LogP contribution in [-0.2, 0) is 9.59 Å². The molecule has 2 rings (SSSR count). The zero-order valence-electron chi connectivity index (χ0n) is 13.3. The molecule has 5 heteroatoms.